The number of imidazole rings is 1. The first-order chi connectivity index (χ1) is 11.4. The van der Waals surface area contributed by atoms with Crippen molar-refractivity contribution in [1.29, 1.82) is 0 Å². The summed E-state index contributed by atoms with van der Waals surface area (Å²) < 4.78 is 19.3. The highest BCUT2D eigenvalue weighted by molar-refractivity contribution is 5.81. The third-order valence-corrected chi connectivity index (χ3v) is 4.16. The lowest BCUT2D eigenvalue weighted by Crippen LogP contribution is -2.48. The fourth-order valence-electron chi connectivity index (χ4n) is 3.31. The maximum absolute atomic E-state index is 11.5. The lowest BCUT2D eigenvalue weighted by Gasteiger charge is -2.36. The molecule has 1 saturated heterocycles. The Kier molecular flexibility index (Phi) is 4.24. The van der Waals surface area contributed by atoms with Crippen molar-refractivity contribution in [1.82, 2.24) is 19.5 Å². The number of ether oxygens (including phenoxy) is 3. The van der Waals surface area contributed by atoms with Crippen LogP contribution in [0.4, 0.5) is 5.82 Å². The summed E-state index contributed by atoms with van der Waals surface area (Å²) in [5.41, 5.74) is 5.90. The molecule has 1 fully saturated rings. The van der Waals surface area contributed by atoms with Crippen molar-refractivity contribution >= 4 is 23.3 Å². The van der Waals surface area contributed by atoms with Gasteiger partial charge in [0.05, 0.1) is 12.4 Å². The number of nitrogen functional groups attached to an aromatic ring is 1. The van der Waals surface area contributed by atoms with Crippen LogP contribution in [0.25, 0.3) is 11.2 Å². The lowest BCUT2D eigenvalue weighted by atomic mass is 9.95. The summed E-state index contributed by atoms with van der Waals surface area (Å²) in [5.74, 6) is 0.276. The summed E-state index contributed by atoms with van der Waals surface area (Å²) in [6.07, 6.45) is 1.55. The van der Waals surface area contributed by atoms with Gasteiger partial charge in [0, 0.05) is 7.11 Å². The van der Waals surface area contributed by atoms with Crippen molar-refractivity contribution in [2.45, 2.75) is 50.9 Å². The molecule has 0 bridgehead atoms. The molecule has 3 heterocycles. The van der Waals surface area contributed by atoms with Gasteiger partial charge in [-0.3, -0.25) is 4.57 Å². The number of aromatic nitrogens is 4. The molecule has 130 valence electrons. The van der Waals surface area contributed by atoms with Crippen molar-refractivity contribution in [3.8, 4) is 0 Å². The number of nitrogens with two attached hydrogens (primary N) is 1. The number of anilines is 1. The monoisotopic (exact) mass is 335 g/mol. The van der Waals surface area contributed by atoms with Crippen LogP contribution in [0, 0.1) is 0 Å². The summed E-state index contributed by atoms with van der Waals surface area (Å²) in [6.45, 7) is 5.68. The summed E-state index contributed by atoms with van der Waals surface area (Å²) in [7, 11) is 1.53. The summed E-state index contributed by atoms with van der Waals surface area (Å²) >= 11 is 0. The maximum atomic E-state index is 11.5. The number of carbonyl (C=O) groups is 1. The molecule has 0 spiro atoms. The number of hydrogen-bond donors (Lipinski definition) is 1. The van der Waals surface area contributed by atoms with Crippen molar-refractivity contribution in [3.63, 3.8) is 0 Å². The Balaban J connectivity index is 2.12. The Morgan fingerprint density at radius 2 is 2.17 bits per heavy atom. The van der Waals surface area contributed by atoms with E-state index in [0.29, 0.717) is 11.2 Å². The van der Waals surface area contributed by atoms with Gasteiger partial charge in [0.15, 0.2) is 24.0 Å². The van der Waals surface area contributed by atoms with Crippen LogP contribution in [0.1, 0.15) is 27.0 Å². The molecule has 1 aliphatic rings. The predicted octanol–water partition coefficient (Wildman–Crippen LogP) is 0.703. The Labute approximate surface area is 139 Å². The number of rotatable bonds is 5. The molecule has 0 unspecified atom stereocenters. The molecule has 0 saturated carbocycles. The first-order valence-corrected chi connectivity index (χ1v) is 7.66. The van der Waals surface area contributed by atoms with Crippen LogP contribution in [0.5, 0.6) is 0 Å². The van der Waals surface area contributed by atoms with E-state index in [1.165, 1.54) is 13.4 Å². The van der Waals surface area contributed by atoms with Gasteiger partial charge >= 0.3 is 0 Å². The van der Waals surface area contributed by atoms with Gasteiger partial charge in [-0.25, -0.2) is 15.0 Å². The number of hydrogen-bond acceptors (Lipinski definition) is 8. The highest BCUT2D eigenvalue weighted by Gasteiger charge is 2.57. The molecular formula is C15H21N5O4. The topological polar surface area (TPSA) is 114 Å². The first-order valence-electron chi connectivity index (χ1n) is 7.66. The van der Waals surface area contributed by atoms with E-state index in [4.69, 9.17) is 19.9 Å². The van der Waals surface area contributed by atoms with E-state index in [9.17, 15) is 4.79 Å². The van der Waals surface area contributed by atoms with Gasteiger partial charge in [0.2, 0.25) is 0 Å². The van der Waals surface area contributed by atoms with Gasteiger partial charge in [-0.05, 0) is 20.8 Å². The van der Waals surface area contributed by atoms with Crippen LogP contribution in [0.15, 0.2) is 12.7 Å². The molecule has 2 aromatic heterocycles. The van der Waals surface area contributed by atoms with Gasteiger partial charge in [-0.15, -0.1) is 0 Å². The van der Waals surface area contributed by atoms with Gasteiger partial charge in [0.25, 0.3) is 0 Å². The van der Waals surface area contributed by atoms with E-state index in [0.717, 1.165) is 6.29 Å². The van der Waals surface area contributed by atoms with Crippen LogP contribution < -0.4 is 5.73 Å². The molecule has 0 aromatic carbocycles. The second-order valence-corrected chi connectivity index (χ2v) is 6.18. The fourth-order valence-corrected chi connectivity index (χ4v) is 3.31. The second-order valence-electron chi connectivity index (χ2n) is 6.18. The predicted molar refractivity (Wildman–Crippen MR) is 85.1 cm³/mol. The Hall–Kier alpha value is -2.10. The van der Waals surface area contributed by atoms with Gasteiger partial charge in [-0.2, -0.15) is 0 Å². The van der Waals surface area contributed by atoms with Crippen LogP contribution in [-0.2, 0) is 19.0 Å². The van der Waals surface area contributed by atoms with Crippen molar-refractivity contribution in [2.24, 2.45) is 0 Å². The molecule has 9 heteroatoms. The number of aldehydes is 1. The maximum Gasteiger partial charge on any atom is 0.169 e. The molecule has 0 aliphatic carbocycles. The van der Waals surface area contributed by atoms with Crippen LogP contribution >= 0.6 is 0 Å². The molecular weight excluding hydrogens is 314 g/mol. The van der Waals surface area contributed by atoms with Crippen LogP contribution in [-0.4, -0.2) is 56.8 Å². The number of carbonyl (C=O) groups excluding carboxylic acids is 1. The van der Waals surface area contributed by atoms with E-state index in [1.807, 2.05) is 20.8 Å². The van der Waals surface area contributed by atoms with Gasteiger partial charge in [-0.1, -0.05) is 0 Å². The molecule has 9 nitrogen and oxygen atoms in total. The zero-order valence-electron chi connectivity index (χ0n) is 14.0. The zero-order valence-corrected chi connectivity index (χ0v) is 14.0. The summed E-state index contributed by atoms with van der Waals surface area (Å²) in [5, 5.41) is 0. The quantitative estimate of drug-likeness (QED) is 0.794. The normalized spacial score (nSPS) is 30.3. The molecule has 0 radical (unpaired) electrons. The molecule has 24 heavy (non-hydrogen) atoms. The smallest absolute Gasteiger partial charge is 0.169 e. The van der Waals surface area contributed by atoms with Gasteiger partial charge < -0.3 is 24.7 Å². The molecule has 1 aliphatic heterocycles. The van der Waals surface area contributed by atoms with Crippen molar-refractivity contribution in [2.75, 3.05) is 12.8 Å². The zero-order chi connectivity index (χ0) is 17.5. The molecule has 2 N–H and O–H groups in total. The Morgan fingerprint density at radius 1 is 1.42 bits per heavy atom. The number of nitrogens with zero attached hydrogens (tertiary/aromatic N) is 4. The Bertz CT molecular complexity index is 749. The van der Waals surface area contributed by atoms with E-state index in [-0.39, 0.29) is 11.9 Å². The van der Waals surface area contributed by atoms with E-state index < -0.39 is 24.0 Å². The average molecular weight is 335 g/mol. The molecule has 2 aromatic rings. The minimum Gasteiger partial charge on any atom is -0.382 e. The van der Waals surface area contributed by atoms with Gasteiger partial charge in [0.1, 0.15) is 29.7 Å². The van der Waals surface area contributed by atoms with E-state index in [2.05, 4.69) is 15.0 Å². The molecule has 4 atom stereocenters. The Morgan fingerprint density at radius 3 is 2.79 bits per heavy atom. The molecule has 3 rings (SSSR count). The first kappa shape index (κ1) is 16.7. The fraction of sp³-hybridized carbons (Fsp3) is 0.600. The largest absolute Gasteiger partial charge is 0.382 e. The lowest BCUT2D eigenvalue weighted by molar-refractivity contribution is -0.164. The summed E-state index contributed by atoms with van der Waals surface area (Å²) in [4.78, 5) is 23.9. The highest BCUT2D eigenvalue weighted by Crippen LogP contribution is 2.43. The van der Waals surface area contributed by atoms with Crippen molar-refractivity contribution in [3.05, 3.63) is 12.7 Å². The van der Waals surface area contributed by atoms with Crippen LogP contribution in [0.3, 0.4) is 0 Å². The van der Waals surface area contributed by atoms with E-state index >= 15 is 0 Å². The number of methoxy groups -OCH3 is 1. The second kappa shape index (κ2) is 6.08. The minimum atomic E-state index is -0.915. The number of fused-ring (bicyclic) bond motifs is 1. The van der Waals surface area contributed by atoms with Crippen LogP contribution in [0.2, 0.25) is 0 Å². The minimum absolute atomic E-state index is 0.0985. The standard InChI is InChI=1S/C15H21N5O4/c1-8(2)24-15(3)11(22-4)9(5-21)23-14(15)20-7-19-10-12(16)17-6-18-13(10)20/h5-9,11,14H,1-4H3,(H2,16,17,18)/t9-,11-,14-,15-/m1/s1. The highest BCUT2D eigenvalue weighted by atomic mass is 16.6. The third kappa shape index (κ3) is 2.45. The average Bonchev–Trinajstić information content (AvgIpc) is 3.05. The van der Waals surface area contributed by atoms with E-state index in [1.54, 1.807) is 10.9 Å². The van der Waals surface area contributed by atoms with Crippen molar-refractivity contribution < 1.29 is 19.0 Å². The summed E-state index contributed by atoms with van der Waals surface area (Å²) in [6, 6.07) is 0. The third-order valence-electron chi connectivity index (χ3n) is 4.16. The molecule has 0 amide bonds. The SMILES string of the molecule is CO[C@@H]1[C@@H](C=O)O[C@@H](n2cnc3c(N)ncnc32)[C@]1(C)OC(C)C.